The molecule has 1 aromatic heterocycles. The fraction of sp³-hybridized carbons (Fsp3) is 0.138. The predicted octanol–water partition coefficient (Wildman–Crippen LogP) is 5.90. The van der Waals surface area contributed by atoms with Crippen LogP contribution in [0.25, 0.3) is 11.1 Å². The summed E-state index contributed by atoms with van der Waals surface area (Å²) in [6, 6.07) is 21.2. The molecule has 2 heterocycles. The molecule has 0 atom stereocenters. The minimum atomic E-state index is -0.922. The maximum Gasteiger partial charge on any atom is 0.259 e. The minimum absolute atomic E-state index is 0.0476. The number of hydrogen-bond donors (Lipinski definition) is 2. The fourth-order valence-electron chi connectivity index (χ4n) is 4.11. The van der Waals surface area contributed by atoms with Crippen molar-refractivity contribution in [2.45, 2.75) is 6.92 Å². The van der Waals surface area contributed by atoms with Gasteiger partial charge >= 0.3 is 0 Å². The van der Waals surface area contributed by atoms with Crippen LogP contribution in [-0.4, -0.2) is 41.7 Å². The van der Waals surface area contributed by atoms with Gasteiger partial charge in [0.1, 0.15) is 23.2 Å². The molecule has 0 saturated carbocycles. The smallest absolute Gasteiger partial charge is 0.259 e. The standard InChI is InChI=1S/C29H25F2N5O2/c1-17-24(30)28(37-22-10-4-7-19(15-22)18-6-3-8-20(14-18)26(32)33)35-29(25(17)31)38-23-11-5-9-21(16-23)27-34-12-13-36(27)2/h3-11,14-16H,12-13H2,1-2H3,(H3,32,33). The molecule has 9 heteroatoms. The molecule has 7 nitrogen and oxygen atoms in total. The van der Waals surface area contributed by atoms with E-state index < -0.39 is 23.4 Å². The summed E-state index contributed by atoms with van der Waals surface area (Å²) in [5.41, 5.74) is 8.30. The minimum Gasteiger partial charge on any atom is -0.436 e. The van der Waals surface area contributed by atoms with Crippen LogP contribution in [0.5, 0.6) is 23.3 Å². The van der Waals surface area contributed by atoms with Crippen molar-refractivity contribution in [3.05, 3.63) is 101 Å². The Kier molecular flexibility index (Phi) is 6.74. The van der Waals surface area contributed by atoms with Crippen LogP contribution in [0.4, 0.5) is 8.78 Å². The van der Waals surface area contributed by atoms with E-state index in [1.807, 2.05) is 30.1 Å². The van der Waals surface area contributed by atoms with Crippen molar-refractivity contribution in [1.82, 2.24) is 9.88 Å². The molecule has 0 fully saturated rings. The molecule has 5 rings (SSSR count). The van der Waals surface area contributed by atoms with Gasteiger partial charge in [0.25, 0.3) is 11.8 Å². The van der Waals surface area contributed by atoms with Crippen LogP contribution >= 0.6 is 0 Å². The second-order valence-corrected chi connectivity index (χ2v) is 8.86. The second-order valence-electron chi connectivity index (χ2n) is 8.86. The Hall–Kier alpha value is -4.79. The summed E-state index contributed by atoms with van der Waals surface area (Å²) >= 11 is 0. The Morgan fingerprint density at radius 1 is 0.868 bits per heavy atom. The highest BCUT2D eigenvalue weighted by molar-refractivity contribution is 6.00. The first-order chi connectivity index (χ1) is 18.3. The number of hydrogen-bond acceptors (Lipinski definition) is 6. The van der Waals surface area contributed by atoms with E-state index >= 15 is 4.39 Å². The molecule has 192 valence electrons. The number of halogens is 2. The van der Waals surface area contributed by atoms with Gasteiger partial charge in [-0.3, -0.25) is 10.4 Å². The zero-order valence-corrected chi connectivity index (χ0v) is 20.8. The number of nitrogen functional groups attached to an aromatic ring is 1. The average molecular weight is 514 g/mol. The Morgan fingerprint density at radius 3 is 2.00 bits per heavy atom. The van der Waals surface area contributed by atoms with Gasteiger partial charge in [0, 0.05) is 30.3 Å². The van der Waals surface area contributed by atoms with E-state index in [9.17, 15) is 4.39 Å². The molecule has 0 spiro atoms. The lowest BCUT2D eigenvalue weighted by Crippen LogP contribution is -2.23. The van der Waals surface area contributed by atoms with Gasteiger partial charge in [-0.25, -0.2) is 8.78 Å². The Morgan fingerprint density at radius 2 is 1.42 bits per heavy atom. The lowest BCUT2D eigenvalue weighted by molar-refractivity contribution is 0.373. The van der Waals surface area contributed by atoms with Crippen molar-refractivity contribution >= 4 is 11.7 Å². The number of aromatic nitrogens is 1. The number of nitrogens with two attached hydrogens (primary N) is 1. The summed E-state index contributed by atoms with van der Waals surface area (Å²) in [5.74, 6) is -1.25. The Bertz CT molecular complexity index is 1570. The third-order valence-electron chi connectivity index (χ3n) is 6.16. The second kappa shape index (κ2) is 10.3. The lowest BCUT2D eigenvalue weighted by atomic mass is 10.0. The highest BCUT2D eigenvalue weighted by atomic mass is 19.1. The van der Waals surface area contributed by atoms with Crippen molar-refractivity contribution < 1.29 is 18.3 Å². The molecule has 38 heavy (non-hydrogen) atoms. The van der Waals surface area contributed by atoms with Gasteiger partial charge in [0.05, 0.1) is 6.54 Å². The van der Waals surface area contributed by atoms with E-state index in [2.05, 4.69) is 9.98 Å². The van der Waals surface area contributed by atoms with Crippen LogP contribution in [-0.2, 0) is 0 Å². The van der Waals surface area contributed by atoms with Gasteiger partial charge in [-0.15, -0.1) is 0 Å². The van der Waals surface area contributed by atoms with Crippen LogP contribution in [0.3, 0.4) is 0 Å². The normalized spacial score (nSPS) is 12.8. The number of rotatable bonds is 7. The van der Waals surface area contributed by atoms with E-state index in [-0.39, 0.29) is 11.4 Å². The monoisotopic (exact) mass is 513 g/mol. The quantitative estimate of drug-likeness (QED) is 0.237. The molecule has 0 bridgehead atoms. The van der Waals surface area contributed by atoms with Crippen molar-refractivity contribution in [2.24, 2.45) is 10.7 Å². The van der Waals surface area contributed by atoms with E-state index in [0.29, 0.717) is 23.6 Å². The summed E-state index contributed by atoms with van der Waals surface area (Å²) in [5, 5.41) is 7.66. The first-order valence-electron chi connectivity index (χ1n) is 11.9. The van der Waals surface area contributed by atoms with Crippen LogP contribution < -0.4 is 15.2 Å². The third kappa shape index (κ3) is 5.04. The molecule has 1 aliphatic heterocycles. The number of ether oxygens (including phenoxy) is 2. The SMILES string of the molecule is Cc1c(F)c(Oc2cccc(C3=NCCN3C)c2)nc(Oc2cccc(-c3cccc(C(=N)N)c3)c2)c1F. The van der Waals surface area contributed by atoms with Crippen LogP contribution in [0, 0.1) is 24.0 Å². The molecule has 0 saturated heterocycles. The van der Waals surface area contributed by atoms with Crippen LogP contribution in [0.1, 0.15) is 16.7 Å². The van der Waals surface area contributed by atoms with Gasteiger partial charge < -0.3 is 20.1 Å². The number of pyridine rings is 1. The molecule has 0 aliphatic carbocycles. The maximum absolute atomic E-state index is 15.0. The molecule has 1 aliphatic rings. The van der Waals surface area contributed by atoms with Crippen molar-refractivity contribution in [2.75, 3.05) is 20.1 Å². The largest absolute Gasteiger partial charge is 0.436 e. The summed E-state index contributed by atoms with van der Waals surface area (Å²) in [4.78, 5) is 10.5. The number of benzene rings is 3. The number of nitrogens with one attached hydrogen (secondary N) is 1. The van der Waals surface area contributed by atoms with E-state index in [1.165, 1.54) is 6.92 Å². The zero-order valence-electron chi connectivity index (χ0n) is 20.8. The Labute approximate surface area is 218 Å². The van der Waals surface area contributed by atoms with Crippen molar-refractivity contribution in [3.63, 3.8) is 0 Å². The van der Waals surface area contributed by atoms with E-state index in [1.54, 1.807) is 54.6 Å². The maximum atomic E-state index is 15.0. The number of nitrogens with zero attached hydrogens (tertiary/aromatic N) is 3. The number of aliphatic imine (C=N–C) groups is 1. The first-order valence-corrected chi connectivity index (χ1v) is 11.9. The van der Waals surface area contributed by atoms with Crippen molar-refractivity contribution in [1.29, 1.82) is 5.41 Å². The van der Waals surface area contributed by atoms with E-state index in [0.717, 1.165) is 29.1 Å². The molecule has 4 aromatic rings. The first kappa shape index (κ1) is 24.9. The molecule has 3 N–H and O–H groups in total. The highest BCUT2D eigenvalue weighted by Crippen LogP contribution is 2.34. The summed E-state index contributed by atoms with van der Waals surface area (Å²) in [7, 11) is 1.95. The molecule has 3 aromatic carbocycles. The number of amidine groups is 2. The van der Waals surface area contributed by atoms with E-state index in [4.69, 9.17) is 20.6 Å². The average Bonchev–Trinajstić information content (AvgIpc) is 3.36. The van der Waals surface area contributed by atoms with Gasteiger partial charge in [0.15, 0.2) is 11.6 Å². The lowest BCUT2D eigenvalue weighted by Gasteiger charge is -2.15. The summed E-state index contributed by atoms with van der Waals surface area (Å²) in [6.07, 6.45) is 0. The van der Waals surface area contributed by atoms with Gasteiger partial charge in [0.2, 0.25) is 0 Å². The van der Waals surface area contributed by atoms with Gasteiger partial charge in [-0.1, -0.05) is 42.5 Å². The highest BCUT2D eigenvalue weighted by Gasteiger charge is 2.22. The molecule has 0 unspecified atom stereocenters. The van der Waals surface area contributed by atoms with Gasteiger partial charge in [-0.05, 0) is 48.4 Å². The Balaban J connectivity index is 1.44. The molecule has 0 amide bonds. The zero-order chi connectivity index (χ0) is 26.8. The predicted molar refractivity (Wildman–Crippen MR) is 142 cm³/mol. The molecular formula is C29H25F2N5O2. The third-order valence-corrected chi connectivity index (χ3v) is 6.16. The summed E-state index contributed by atoms with van der Waals surface area (Å²) < 4.78 is 41.5. The number of likely N-dealkylation sites (N-methyl/N-ethyl adjacent to an activating group) is 1. The van der Waals surface area contributed by atoms with Gasteiger partial charge in [-0.2, -0.15) is 4.98 Å². The van der Waals surface area contributed by atoms with Crippen LogP contribution in [0.15, 0.2) is 77.8 Å². The molecular weight excluding hydrogens is 488 g/mol. The molecule has 0 radical (unpaired) electrons. The fourth-order valence-corrected chi connectivity index (χ4v) is 4.11. The topological polar surface area (TPSA) is 96.8 Å². The summed E-state index contributed by atoms with van der Waals surface area (Å²) in [6.45, 7) is 2.82. The van der Waals surface area contributed by atoms with Crippen molar-refractivity contribution in [3.8, 4) is 34.4 Å². The van der Waals surface area contributed by atoms with Crippen LogP contribution in [0.2, 0.25) is 0 Å².